The minimum absolute atomic E-state index is 0.00996. The van der Waals surface area contributed by atoms with Gasteiger partial charge in [0.1, 0.15) is 17.5 Å². The van der Waals surface area contributed by atoms with Crippen LogP contribution in [0.15, 0.2) is 33.7 Å². The van der Waals surface area contributed by atoms with Crippen molar-refractivity contribution in [3.8, 4) is 0 Å². The number of ketones is 2. The maximum absolute atomic E-state index is 12.0. The molecule has 0 N–H and O–H groups in total. The van der Waals surface area contributed by atoms with E-state index in [0.29, 0.717) is 19.4 Å². The van der Waals surface area contributed by atoms with E-state index in [-0.39, 0.29) is 17.0 Å². The predicted molar refractivity (Wildman–Crippen MR) is 82.9 cm³/mol. The first-order valence-corrected chi connectivity index (χ1v) is 7.46. The van der Waals surface area contributed by atoms with Gasteiger partial charge in [-0.3, -0.25) is 14.6 Å². The first kappa shape index (κ1) is 15.1. The zero-order valence-corrected chi connectivity index (χ0v) is 13.3. The van der Waals surface area contributed by atoms with Gasteiger partial charge in [0.2, 0.25) is 0 Å². The van der Waals surface area contributed by atoms with Crippen molar-refractivity contribution in [1.82, 2.24) is 0 Å². The number of halogens is 1. The molecule has 1 aromatic rings. The lowest BCUT2D eigenvalue weighted by Gasteiger charge is -2.30. The number of carbonyl (C=O) groups excluding carboxylic acids is 2. The van der Waals surface area contributed by atoms with Gasteiger partial charge in [-0.15, -0.1) is 0 Å². The second-order valence-electron chi connectivity index (χ2n) is 6.05. The zero-order chi connectivity index (χ0) is 14.8. The molecule has 1 saturated carbocycles. The third-order valence-electron chi connectivity index (χ3n) is 3.42. The van der Waals surface area contributed by atoms with Gasteiger partial charge in [-0.1, -0.05) is 41.9 Å². The van der Waals surface area contributed by atoms with Gasteiger partial charge in [0.15, 0.2) is 0 Å². The molecule has 0 aromatic heterocycles. The van der Waals surface area contributed by atoms with E-state index in [0.717, 1.165) is 10.0 Å². The first-order valence-electron chi connectivity index (χ1n) is 6.67. The zero-order valence-electron chi connectivity index (χ0n) is 11.7. The molecule has 1 aliphatic carbocycles. The Morgan fingerprint density at radius 2 is 1.95 bits per heavy atom. The highest BCUT2D eigenvalue weighted by Crippen LogP contribution is 2.33. The fourth-order valence-electron chi connectivity index (χ4n) is 2.47. The van der Waals surface area contributed by atoms with Crippen LogP contribution in [-0.2, 0) is 16.1 Å². The van der Waals surface area contributed by atoms with Crippen LogP contribution in [0.25, 0.3) is 0 Å². The highest BCUT2D eigenvalue weighted by atomic mass is 79.9. The van der Waals surface area contributed by atoms with E-state index < -0.39 is 5.92 Å². The summed E-state index contributed by atoms with van der Waals surface area (Å²) in [6.07, 6.45) is 2.43. The first-order chi connectivity index (χ1) is 9.37. The molecule has 0 heterocycles. The molecule has 20 heavy (non-hydrogen) atoms. The van der Waals surface area contributed by atoms with E-state index in [4.69, 9.17) is 0 Å². The minimum Gasteiger partial charge on any atom is -0.298 e. The molecule has 0 amide bonds. The van der Waals surface area contributed by atoms with Crippen molar-refractivity contribution < 1.29 is 9.59 Å². The third-order valence-corrected chi connectivity index (χ3v) is 3.91. The van der Waals surface area contributed by atoms with E-state index in [1.54, 1.807) is 0 Å². The van der Waals surface area contributed by atoms with Crippen LogP contribution in [0.5, 0.6) is 0 Å². The predicted octanol–water partition coefficient (Wildman–Crippen LogP) is 3.59. The molecule has 0 spiro atoms. The van der Waals surface area contributed by atoms with E-state index in [2.05, 4.69) is 20.9 Å². The van der Waals surface area contributed by atoms with Crippen LogP contribution < -0.4 is 0 Å². The van der Waals surface area contributed by atoms with Crippen LogP contribution in [0.2, 0.25) is 0 Å². The number of nitrogens with zero attached hydrogens (tertiary/aromatic N) is 1. The molecular formula is C16H18BrNO2. The summed E-state index contributed by atoms with van der Waals surface area (Å²) in [6.45, 7) is 4.40. The molecule has 2 rings (SSSR count). The van der Waals surface area contributed by atoms with Crippen LogP contribution in [0.4, 0.5) is 0 Å². The van der Waals surface area contributed by atoms with Gasteiger partial charge in [-0.25, -0.2) is 0 Å². The van der Waals surface area contributed by atoms with Crippen LogP contribution in [-0.4, -0.2) is 17.8 Å². The molecule has 1 aromatic carbocycles. The number of aliphatic imine (C=N–C) groups is 1. The molecule has 4 heteroatoms. The maximum atomic E-state index is 12.0. The lowest BCUT2D eigenvalue weighted by molar-refractivity contribution is -0.136. The third kappa shape index (κ3) is 3.85. The van der Waals surface area contributed by atoms with Gasteiger partial charge in [0.25, 0.3) is 0 Å². The summed E-state index contributed by atoms with van der Waals surface area (Å²) < 4.78 is 0.997. The van der Waals surface area contributed by atoms with Gasteiger partial charge in [-0.05, 0) is 23.1 Å². The highest BCUT2D eigenvalue weighted by molar-refractivity contribution is 9.10. The molecule has 1 aliphatic rings. The smallest absolute Gasteiger partial charge is 0.149 e. The van der Waals surface area contributed by atoms with Crippen molar-refractivity contribution in [1.29, 1.82) is 0 Å². The number of rotatable bonds is 3. The summed E-state index contributed by atoms with van der Waals surface area (Å²) in [7, 11) is 0. The quantitative estimate of drug-likeness (QED) is 0.625. The van der Waals surface area contributed by atoms with Gasteiger partial charge < -0.3 is 0 Å². The molecule has 3 nitrogen and oxygen atoms in total. The second-order valence-corrected chi connectivity index (χ2v) is 6.96. The lowest BCUT2D eigenvalue weighted by Crippen LogP contribution is -2.38. The van der Waals surface area contributed by atoms with E-state index in [1.165, 1.54) is 6.21 Å². The number of Topliss-reactive ketones (excluding diaryl/α,β-unsaturated/α-hetero) is 2. The molecule has 0 bridgehead atoms. The topological polar surface area (TPSA) is 46.5 Å². The second kappa shape index (κ2) is 6.00. The van der Waals surface area contributed by atoms with Gasteiger partial charge >= 0.3 is 0 Å². The Morgan fingerprint density at radius 3 is 2.55 bits per heavy atom. The van der Waals surface area contributed by atoms with Crippen LogP contribution in [0.3, 0.4) is 0 Å². The fraction of sp³-hybridized carbons (Fsp3) is 0.438. The normalized spacial score (nSPS) is 19.8. The van der Waals surface area contributed by atoms with E-state index in [1.807, 2.05) is 38.1 Å². The van der Waals surface area contributed by atoms with E-state index >= 15 is 0 Å². The average molecular weight is 336 g/mol. The van der Waals surface area contributed by atoms with Crippen molar-refractivity contribution in [2.24, 2.45) is 16.3 Å². The van der Waals surface area contributed by atoms with Gasteiger partial charge in [0, 0.05) is 23.5 Å². The molecule has 106 valence electrons. The van der Waals surface area contributed by atoms with Crippen LogP contribution >= 0.6 is 15.9 Å². The summed E-state index contributed by atoms with van der Waals surface area (Å²) in [4.78, 5) is 28.3. The molecule has 0 saturated heterocycles. The monoisotopic (exact) mass is 335 g/mol. The fourth-order valence-corrected chi connectivity index (χ4v) is 2.92. The van der Waals surface area contributed by atoms with Crippen molar-refractivity contribution in [3.63, 3.8) is 0 Å². The lowest BCUT2D eigenvalue weighted by atomic mass is 9.72. The van der Waals surface area contributed by atoms with Gasteiger partial charge in [0.05, 0.1) is 6.54 Å². The van der Waals surface area contributed by atoms with Crippen molar-refractivity contribution in [2.75, 3.05) is 0 Å². The Morgan fingerprint density at radius 1 is 1.30 bits per heavy atom. The Kier molecular flexibility index (Phi) is 4.53. The Bertz CT molecular complexity index is 543. The maximum Gasteiger partial charge on any atom is 0.149 e. The molecular weight excluding hydrogens is 318 g/mol. The standard InChI is InChI=1S/C16H18BrNO2/c1-16(2)7-14(19)13(15(20)8-16)10-18-9-11-4-3-5-12(17)6-11/h3-6,10,13H,7-9H2,1-2H3. The van der Waals surface area contributed by atoms with Gasteiger partial charge in [-0.2, -0.15) is 0 Å². The van der Waals surface area contributed by atoms with Crippen molar-refractivity contribution in [3.05, 3.63) is 34.3 Å². The Balaban J connectivity index is 2.01. The molecule has 0 aliphatic heterocycles. The Labute approximate surface area is 127 Å². The highest BCUT2D eigenvalue weighted by Gasteiger charge is 2.38. The number of hydrogen-bond acceptors (Lipinski definition) is 3. The SMILES string of the molecule is CC1(C)CC(=O)C(C=NCc2cccc(Br)c2)C(=O)C1. The van der Waals surface area contributed by atoms with Crippen LogP contribution in [0.1, 0.15) is 32.3 Å². The number of hydrogen-bond donors (Lipinski definition) is 0. The largest absolute Gasteiger partial charge is 0.298 e. The Hall–Kier alpha value is -1.29. The van der Waals surface area contributed by atoms with Crippen LogP contribution in [0, 0.1) is 11.3 Å². The minimum atomic E-state index is -0.643. The number of benzene rings is 1. The molecule has 1 fully saturated rings. The summed E-state index contributed by atoms with van der Waals surface area (Å²) >= 11 is 3.40. The summed E-state index contributed by atoms with van der Waals surface area (Å²) in [6, 6.07) is 7.83. The molecule has 0 radical (unpaired) electrons. The molecule has 0 unspecified atom stereocenters. The molecule has 0 atom stereocenters. The average Bonchev–Trinajstić information content (AvgIpc) is 2.31. The summed E-state index contributed by atoms with van der Waals surface area (Å²) in [5.41, 5.74) is 0.842. The summed E-state index contributed by atoms with van der Waals surface area (Å²) in [5.74, 6) is -0.663. The van der Waals surface area contributed by atoms with Crippen molar-refractivity contribution >= 4 is 33.7 Å². The number of carbonyl (C=O) groups is 2. The van der Waals surface area contributed by atoms with E-state index in [9.17, 15) is 9.59 Å². The van der Waals surface area contributed by atoms with Crippen molar-refractivity contribution in [2.45, 2.75) is 33.2 Å². The summed E-state index contributed by atoms with van der Waals surface area (Å²) in [5, 5.41) is 0.